The minimum absolute atomic E-state index is 0.00506. The number of carbonyl (C=O) groups excluding carboxylic acids is 2. The zero-order valence-corrected chi connectivity index (χ0v) is 35.5. The van der Waals surface area contributed by atoms with Gasteiger partial charge in [0.15, 0.2) is 12.4 Å². The van der Waals surface area contributed by atoms with Crippen molar-refractivity contribution in [2.75, 3.05) is 23.8 Å². The van der Waals surface area contributed by atoms with E-state index in [0.29, 0.717) is 33.9 Å². The molecule has 6 aliphatic carbocycles. The number of benzene rings is 2. The first-order valence-electron chi connectivity index (χ1n) is 19.6. The largest absolute Gasteiger partial charge is 0.486 e. The molecule has 3 N–H and O–H groups in total. The predicted molar refractivity (Wildman–Crippen MR) is 219 cm³/mol. The van der Waals surface area contributed by atoms with Crippen LogP contribution in [-0.4, -0.2) is 61.5 Å². The number of nitrogens with one attached hydrogen (secondary N) is 3. The zero-order chi connectivity index (χ0) is 43.8. The fraction of sp³-hybridized carbons (Fsp3) is 0.476. The molecule has 61 heavy (non-hydrogen) atoms. The Labute approximate surface area is 363 Å². The lowest BCUT2D eigenvalue weighted by atomic mass is 9.38. The van der Waals surface area contributed by atoms with Gasteiger partial charge in [-0.2, -0.15) is 17.6 Å². The summed E-state index contributed by atoms with van der Waals surface area (Å²) in [5.41, 5.74) is -1.32. The van der Waals surface area contributed by atoms with Gasteiger partial charge in [0.1, 0.15) is 46.9 Å². The molecule has 6 saturated carbocycles. The number of ketones is 1. The van der Waals surface area contributed by atoms with E-state index >= 15 is 0 Å². The molecule has 6 aliphatic rings. The Hall–Kier alpha value is -4.54. The van der Waals surface area contributed by atoms with E-state index in [0.717, 1.165) is 90.1 Å². The molecule has 0 atom stereocenters. The average molecular weight is 911 g/mol. The molecule has 2 heterocycles. The summed E-state index contributed by atoms with van der Waals surface area (Å²) >= 11 is 17.4. The van der Waals surface area contributed by atoms with Crippen LogP contribution in [0.5, 0.6) is 11.5 Å². The Morgan fingerprint density at radius 3 is 1.64 bits per heavy atom. The van der Waals surface area contributed by atoms with Gasteiger partial charge >= 0.3 is 0 Å². The van der Waals surface area contributed by atoms with Crippen molar-refractivity contribution >= 4 is 58.1 Å². The molecule has 11 nitrogen and oxygen atoms in total. The lowest BCUT2D eigenvalue weighted by molar-refractivity contribution is -0.147. The molecule has 4 aromatic rings. The highest BCUT2D eigenvalue weighted by atomic mass is 35.5. The van der Waals surface area contributed by atoms with Crippen LogP contribution in [0.1, 0.15) is 89.4 Å². The normalized spacial score (nSPS) is 24.9. The molecule has 326 valence electrons. The number of hydrogen-bond donors (Lipinski definition) is 3. The number of carbonyl (C=O) groups is 2. The first-order valence-corrected chi connectivity index (χ1v) is 20.8. The monoisotopic (exact) mass is 909 g/mol. The standard InChI is InChI=1S/C22H24ClF3N4O2.C20H19Cl2F2N3O2/c1-20(25,26)17-11-28-18(12-27-17)29-21-4-7-22(8-5-21,9-6-21)30-19(31)13-32-14-2-3-15(23)16(24)10-14;1-18(23,24)16-6-26-17(7-25-16)27-20-9-19(10-20,11-20)5-12(28)8-29-13-2-3-14(21)15(22)4-13/h2-3,10-12H,4-9,13H2,1H3,(H,28,29)(H,30,31);2-4,6-7H,5,8-11H2,1H3,(H,26,27). The van der Waals surface area contributed by atoms with E-state index in [1.807, 2.05) is 0 Å². The maximum atomic E-state index is 13.5. The Balaban J connectivity index is 0.000000185. The number of hydrogen-bond acceptors (Lipinski definition) is 10. The van der Waals surface area contributed by atoms with Gasteiger partial charge in [-0.05, 0) is 87.5 Å². The van der Waals surface area contributed by atoms with Gasteiger partial charge in [-0.3, -0.25) is 9.59 Å². The van der Waals surface area contributed by atoms with Crippen LogP contribution in [0.25, 0.3) is 0 Å². The molecule has 0 spiro atoms. The summed E-state index contributed by atoms with van der Waals surface area (Å²) in [7, 11) is 0. The Morgan fingerprint density at radius 2 is 1.15 bits per heavy atom. The second kappa shape index (κ2) is 17.0. The molecule has 0 saturated heterocycles. The summed E-state index contributed by atoms with van der Waals surface area (Å²) in [5.74, 6) is -5.18. The van der Waals surface area contributed by atoms with Crippen molar-refractivity contribution in [1.82, 2.24) is 25.3 Å². The molecule has 10 rings (SSSR count). The van der Waals surface area contributed by atoms with Crippen LogP contribution in [0.15, 0.2) is 61.2 Å². The molecule has 0 radical (unpaired) electrons. The molecule has 4 bridgehead atoms. The Morgan fingerprint density at radius 1 is 0.656 bits per heavy atom. The third kappa shape index (κ3) is 10.6. The van der Waals surface area contributed by atoms with Crippen LogP contribution < -0.4 is 25.4 Å². The smallest absolute Gasteiger partial charge is 0.288 e. The molecule has 19 heteroatoms. The predicted octanol–water partition coefficient (Wildman–Crippen LogP) is 10.1. The average Bonchev–Trinajstić information content (AvgIpc) is 3.18. The second-order valence-electron chi connectivity index (χ2n) is 17.0. The number of Topliss-reactive ketones (excluding diaryl/α,β-unsaturated/α-hetero) is 1. The van der Waals surface area contributed by atoms with E-state index in [9.17, 15) is 31.5 Å². The first-order chi connectivity index (χ1) is 28.7. The molecular formula is C42H43Cl3F5N7O4. The zero-order valence-electron chi connectivity index (χ0n) is 33.2. The van der Waals surface area contributed by atoms with Crippen molar-refractivity contribution in [3.05, 3.63) is 93.5 Å². The van der Waals surface area contributed by atoms with Crippen LogP contribution in [-0.2, 0) is 21.4 Å². The Bertz CT molecular complexity index is 2220. The number of alkyl halides is 4. The molecule has 6 fully saturated rings. The third-order valence-corrected chi connectivity index (χ3v) is 13.0. The molecular weight excluding hydrogens is 868 g/mol. The van der Waals surface area contributed by atoms with E-state index < -0.39 is 17.7 Å². The summed E-state index contributed by atoms with van der Waals surface area (Å²) in [6, 6.07) is 8.90. The first kappa shape index (κ1) is 44.5. The van der Waals surface area contributed by atoms with Gasteiger partial charge in [0, 0.05) is 49.0 Å². The van der Waals surface area contributed by atoms with Gasteiger partial charge in [0.05, 0.1) is 39.9 Å². The maximum absolute atomic E-state index is 13.5. The fourth-order valence-corrected chi connectivity index (χ4v) is 9.31. The topological polar surface area (TPSA) is 140 Å². The summed E-state index contributed by atoms with van der Waals surface area (Å²) in [4.78, 5) is 40.5. The van der Waals surface area contributed by atoms with E-state index in [2.05, 4.69) is 35.9 Å². The molecule has 0 unspecified atom stereocenters. The number of ether oxygens (including phenoxy) is 2. The molecule has 2 aromatic heterocycles. The second-order valence-corrected chi connectivity index (χ2v) is 18.2. The fourth-order valence-electron chi connectivity index (χ4n) is 8.91. The van der Waals surface area contributed by atoms with Crippen molar-refractivity contribution < 1.29 is 41.0 Å². The number of rotatable bonds is 15. The quantitative estimate of drug-likeness (QED) is 0.0988. The SMILES string of the molecule is CC(F)(F)c1cnc(NC23CC(CC(=O)COc4ccc(Cl)c(Cl)c4)(C2)C3)cn1.CC(F)(F)c1cnc(NC23CCC(NC(=O)COc4ccc(Cl)c(F)c4)(CC2)CC3)cn1. The highest BCUT2D eigenvalue weighted by molar-refractivity contribution is 6.42. The summed E-state index contributed by atoms with van der Waals surface area (Å²) in [6.07, 6.45) is 12.6. The number of aromatic nitrogens is 4. The van der Waals surface area contributed by atoms with Crippen molar-refractivity contribution in [3.63, 3.8) is 0 Å². The molecule has 1 amide bonds. The van der Waals surface area contributed by atoms with Crippen LogP contribution >= 0.6 is 34.8 Å². The number of fused-ring (bicyclic) bond motifs is 3. The van der Waals surface area contributed by atoms with Crippen molar-refractivity contribution in [2.45, 2.75) is 107 Å². The maximum Gasteiger partial charge on any atom is 0.288 e. The van der Waals surface area contributed by atoms with Crippen LogP contribution in [0, 0.1) is 11.2 Å². The summed E-state index contributed by atoms with van der Waals surface area (Å²) in [6.45, 7) is 1.35. The number of nitrogens with zero attached hydrogens (tertiary/aromatic N) is 4. The summed E-state index contributed by atoms with van der Waals surface area (Å²) < 4.78 is 77.5. The van der Waals surface area contributed by atoms with Gasteiger partial charge in [0.25, 0.3) is 17.8 Å². The number of anilines is 2. The van der Waals surface area contributed by atoms with E-state index in [1.165, 1.54) is 24.5 Å². The lowest BCUT2D eigenvalue weighted by Gasteiger charge is -2.70. The van der Waals surface area contributed by atoms with Crippen LogP contribution in [0.4, 0.5) is 33.6 Å². The third-order valence-electron chi connectivity index (χ3n) is 11.9. The van der Waals surface area contributed by atoms with Crippen LogP contribution in [0.3, 0.4) is 0 Å². The van der Waals surface area contributed by atoms with E-state index in [-0.39, 0.29) is 69.1 Å². The summed E-state index contributed by atoms with van der Waals surface area (Å²) in [5, 5.41) is 10.6. The lowest BCUT2D eigenvalue weighted by Crippen LogP contribution is -2.71. The van der Waals surface area contributed by atoms with Gasteiger partial charge in [-0.25, -0.2) is 24.3 Å². The van der Waals surface area contributed by atoms with Crippen molar-refractivity contribution in [2.24, 2.45) is 5.41 Å². The van der Waals surface area contributed by atoms with Gasteiger partial charge in [0.2, 0.25) is 0 Å². The Kier molecular flexibility index (Phi) is 12.4. The highest BCUT2D eigenvalue weighted by Crippen LogP contribution is 2.70. The highest BCUT2D eigenvalue weighted by Gasteiger charge is 2.68. The van der Waals surface area contributed by atoms with Crippen LogP contribution in [0.2, 0.25) is 15.1 Å². The van der Waals surface area contributed by atoms with Crippen molar-refractivity contribution in [1.29, 1.82) is 0 Å². The van der Waals surface area contributed by atoms with Gasteiger partial charge in [-0.15, -0.1) is 0 Å². The number of halogens is 8. The molecule has 0 aliphatic heterocycles. The van der Waals surface area contributed by atoms with Crippen molar-refractivity contribution in [3.8, 4) is 11.5 Å². The molecule has 2 aromatic carbocycles. The minimum Gasteiger partial charge on any atom is -0.486 e. The minimum atomic E-state index is -3.03. The van der Waals surface area contributed by atoms with Gasteiger partial charge < -0.3 is 25.4 Å². The van der Waals surface area contributed by atoms with E-state index in [4.69, 9.17) is 44.3 Å². The van der Waals surface area contributed by atoms with E-state index in [1.54, 1.807) is 18.2 Å². The van der Waals surface area contributed by atoms with Gasteiger partial charge in [-0.1, -0.05) is 34.8 Å². The number of amides is 1.